The molecule has 2 aromatic rings. The van der Waals surface area contributed by atoms with Gasteiger partial charge in [-0.25, -0.2) is 0 Å². The van der Waals surface area contributed by atoms with Gasteiger partial charge in [-0.05, 0) is 0 Å². The zero-order chi connectivity index (χ0) is 14.4. The van der Waals surface area contributed by atoms with Gasteiger partial charge < -0.3 is 0 Å². The molecule has 5 nitrogen and oxygen atoms in total. The Bertz CT molecular complexity index is 699. The van der Waals surface area contributed by atoms with E-state index in [-0.39, 0.29) is 27.3 Å². The van der Waals surface area contributed by atoms with Crippen LogP contribution in [-0.2, 0) is 0 Å². The van der Waals surface area contributed by atoms with Gasteiger partial charge in [0, 0.05) is 0 Å². The summed E-state index contributed by atoms with van der Waals surface area (Å²) in [6, 6.07) is 4.39. The summed E-state index contributed by atoms with van der Waals surface area (Å²) in [4.78, 5) is 9.05. The zero-order valence-electron chi connectivity index (χ0n) is 11.9. The van der Waals surface area contributed by atoms with Gasteiger partial charge in [-0.3, -0.25) is 0 Å². The first-order chi connectivity index (χ1) is 10.3. The van der Waals surface area contributed by atoms with Crippen molar-refractivity contribution >= 4 is 10.9 Å². The summed E-state index contributed by atoms with van der Waals surface area (Å²) >= 11 is 0.246. The van der Waals surface area contributed by atoms with E-state index in [0.29, 0.717) is 15.8 Å². The Kier molecular flexibility index (Phi) is 3.28. The van der Waals surface area contributed by atoms with Crippen molar-refractivity contribution in [2.24, 2.45) is 0 Å². The van der Waals surface area contributed by atoms with E-state index >= 15 is 0 Å². The van der Waals surface area contributed by atoms with E-state index in [4.69, 9.17) is 14.2 Å². The van der Waals surface area contributed by atoms with Gasteiger partial charge >= 0.3 is 133 Å². The standard InChI is InChI=1S/C15H16IN2O3/c1-19-11-6-5-9-13(12(11)10-7-16-10)17-15(18-14(9)20-2)21-8-3-4-8/h5-6,8,10H,3-4,7H2,1-2H3/q-1. The second-order valence-corrected chi connectivity index (χ2v) is 8.45. The number of hydrogen-bond acceptors (Lipinski definition) is 5. The van der Waals surface area contributed by atoms with Gasteiger partial charge in [-0.1, -0.05) is 0 Å². The summed E-state index contributed by atoms with van der Waals surface area (Å²) < 4.78 is 18.7. The molecule has 112 valence electrons. The van der Waals surface area contributed by atoms with E-state index in [0.717, 1.165) is 29.5 Å². The van der Waals surface area contributed by atoms with Crippen LogP contribution in [0.3, 0.4) is 0 Å². The molecule has 21 heavy (non-hydrogen) atoms. The number of methoxy groups -OCH3 is 2. The van der Waals surface area contributed by atoms with Crippen LogP contribution in [0.25, 0.3) is 10.9 Å². The number of fused-ring (bicyclic) bond motifs is 1. The van der Waals surface area contributed by atoms with E-state index in [1.165, 1.54) is 9.99 Å². The predicted octanol–water partition coefficient (Wildman–Crippen LogP) is -0.668. The minimum absolute atomic E-state index is 0.246. The first-order valence-corrected chi connectivity index (χ1v) is 9.74. The van der Waals surface area contributed by atoms with Gasteiger partial charge in [0.25, 0.3) is 0 Å². The Balaban J connectivity index is 1.92. The number of aromatic nitrogens is 2. The minimum atomic E-state index is 0.246. The van der Waals surface area contributed by atoms with Crippen LogP contribution >= 0.6 is 0 Å². The summed E-state index contributed by atoms with van der Waals surface area (Å²) in [7, 11) is 3.35. The topological polar surface area (TPSA) is 53.5 Å². The van der Waals surface area contributed by atoms with Gasteiger partial charge in [0.05, 0.1) is 0 Å². The SMILES string of the molecule is COc1ccc2c(OC)nc(OC3CC3)nc2c1C1C[I-]1. The van der Waals surface area contributed by atoms with Gasteiger partial charge in [0.1, 0.15) is 0 Å². The Hall–Kier alpha value is -1.31. The van der Waals surface area contributed by atoms with E-state index in [1.54, 1.807) is 14.2 Å². The molecule has 1 atom stereocenters. The molecule has 1 aromatic carbocycles. The number of rotatable bonds is 5. The molecule has 1 saturated heterocycles. The predicted molar refractivity (Wildman–Crippen MR) is 73.9 cm³/mol. The number of nitrogens with zero attached hydrogens (tertiary/aromatic N) is 2. The molecule has 0 spiro atoms. The number of benzene rings is 1. The molecule has 1 unspecified atom stereocenters. The van der Waals surface area contributed by atoms with Crippen LogP contribution in [0, 0.1) is 0 Å². The molecule has 2 heterocycles. The van der Waals surface area contributed by atoms with Crippen molar-refractivity contribution in [2.75, 3.05) is 18.6 Å². The number of hydrogen-bond donors (Lipinski definition) is 0. The van der Waals surface area contributed by atoms with E-state index in [1.807, 2.05) is 12.1 Å². The Morgan fingerprint density at radius 1 is 1.14 bits per heavy atom. The first-order valence-electron chi connectivity index (χ1n) is 6.97. The molecule has 1 aliphatic heterocycles. The van der Waals surface area contributed by atoms with Crippen molar-refractivity contribution in [1.82, 2.24) is 9.97 Å². The molecule has 1 aliphatic carbocycles. The number of halogens is 1. The van der Waals surface area contributed by atoms with Crippen molar-refractivity contribution in [2.45, 2.75) is 22.9 Å². The number of ether oxygens (including phenoxy) is 3. The molecule has 0 bridgehead atoms. The van der Waals surface area contributed by atoms with E-state index < -0.39 is 0 Å². The molecule has 2 fully saturated rings. The average molecular weight is 399 g/mol. The monoisotopic (exact) mass is 399 g/mol. The fourth-order valence-electron chi connectivity index (χ4n) is 2.37. The third kappa shape index (κ3) is 2.49. The van der Waals surface area contributed by atoms with Crippen LogP contribution < -0.4 is 35.4 Å². The van der Waals surface area contributed by atoms with Crippen LogP contribution in [0.2, 0.25) is 0 Å². The fraction of sp³-hybridized carbons (Fsp3) is 0.467. The summed E-state index contributed by atoms with van der Waals surface area (Å²) in [6.45, 7) is 0. The van der Waals surface area contributed by atoms with Gasteiger partial charge in [-0.2, -0.15) is 0 Å². The van der Waals surface area contributed by atoms with Crippen molar-refractivity contribution in [3.05, 3.63) is 17.7 Å². The summed E-state index contributed by atoms with van der Waals surface area (Å²) in [5.74, 6) is 1.50. The first kappa shape index (κ1) is 13.4. The third-order valence-corrected chi connectivity index (χ3v) is 6.03. The fourth-order valence-corrected chi connectivity index (χ4v) is 4.11. The maximum absolute atomic E-state index is 5.77. The van der Waals surface area contributed by atoms with Crippen LogP contribution in [0.4, 0.5) is 0 Å². The van der Waals surface area contributed by atoms with Crippen LogP contribution in [0.5, 0.6) is 17.6 Å². The molecule has 0 amide bonds. The molecule has 4 rings (SSSR count). The third-order valence-electron chi connectivity index (χ3n) is 3.64. The summed E-state index contributed by atoms with van der Waals surface area (Å²) in [5.41, 5.74) is 2.14. The zero-order valence-corrected chi connectivity index (χ0v) is 14.1. The van der Waals surface area contributed by atoms with Crippen molar-refractivity contribution in [3.63, 3.8) is 0 Å². The van der Waals surface area contributed by atoms with Crippen LogP contribution in [-0.4, -0.2) is 34.7 Å². The molecular formula is C15H16IN2O3-. The quantitative estimate of drug-likeness (QED) is 0.494. The van der Waals surface area contributed by atoms with Crippen molar-refractivity contribution in [3.8, 4) is 17.6 Å². The van der Waals surface area contributed by atoms with Crippen LogP contribution in [0.1, 0.15) is 22.3 Å². The number of alkyl halides is 2. The molecule has 2 aliphatic rings. The second kappa shape index (κ2) is 5.15. The molecule has 6 heteroatoms. The van der Waals surface area contributed by atoms with Gasteiger partial charge in [0.15, 0.2) is 0 Å². The van der Waals surface area contributed by atoms with E-state index in [9.17, 15) is 0 Å². The molecule has 0 N–H and O–H groups in total. The second-order valence-electron chi connectivity index (χ2n) is 5.19. The van der Waals surface area contributed by atoms with Crippen LogP contribution in [0.15, 0.2) is 12.1 Å². The average Bonchev–Trinajstić information content (AvgIpc) is 3.38. The van der Waals surface area contributed by atoms with Crippen molar-refractivity contribution < 1.29 is 35.4 Å². The maximum atomic E-state index is 5.77. The van der Waals surface area contributed by atoms with Crippen molar-refractivity contribution in [1.29, 1.82) is 0 Å². The molecular weight excluding hydrogens is 383 g/mol. The Labute approximate surface area is 133 Å². The van der Waals surface area contributed by atoms with Gasteiger partial charge in [-0.15, -0.1) is 0 Å². The Morgan fingerprint density at radius 3 is 2.57 bits per heavy atom. The Morgan fingerprint density at radius 2 is 1.95 bits per heavy atom. The molecule has 0 radical (unpaired) electrons. The van der Waals surface area contributed by atoms with Gasteiger partial charge in [0.2, 0.25) is 0 Å². The summed E-state index contributed by atoms with van der Waals surface area (Å²) in [6.07, 6.45) is 2.44. The van der Waals surface area contributed by atoms with E-state index in [2.05, 4.69) is 9.97 Å². The summed E-state index contributed by atoms with van der Waals surface area (Å²) in [5, 5.41) is 0.937. The molecule has 1 aromatic heterocycles. The molecule has 1 saturated carbocycles. The normalized spacial score (nSPS) is 20.8.